The van der Waals surface area contributed by atoms with E-state index in [0.29, 0.717) is 12.1 Å². The molecule has 0 aliphatic carbocycles. The van der Waals surface area contributed by atoms with Crippen molar-refractivity contribution >= 4 is 28.6 Å². The van der Waals surface area contributed by atoms with Crippen LogP contribution in [0.5, 0.6) is 0 Å². The number of hydrogen-bond donors (Lipinski definition) is 0. The first-order chi connectivity index (χ1) is 14.3. The smallest absolute Gasteiger partial charge is 0.260 e. The summed E-state index contributed by atoms with van der Waals surface area (Å²) in [6, 6.07) is 27.9. The molecule has 0 unspecified atom stereocenters. The lowest BCUT2D eigenvalue weighted by Crippen LogP contribution is -2.43. The van der Waals surface area contributed by atoms with Crippen molar-refractivity contribution in [3.8, 4) is 0 Å². The standard InChI is InChI=1S/C24H22N4O/c29-23(19-9-3-1-4-10-19)28-18-16-26(20-11-5-2-6-12-20)15-17-27-22-14-8-7-13-21(22)25-24(27)28/h1-14H,15-18H2. The van der Waals surface area contributed by atoms with Gasteiger partial charge in [-0.05, 0) is 36.4 Å². The van der Waals surface area contributed by atoms with Crippen LogP contribution in [0.1, 0.15) is 10.4 Å². The zero-order valence-electron chi connectivity index (χ0n) is 16.1. The van der Waals surface area contributed by atoms with E-state index < -0.39 is 0 Å². The number of fused-ring (bicyclic) bond motifs is 3. The molecule has 0 bridgehead atoms. The minimum Gasteiger partial charge on any atom is -0.368 e. The maximum atomic E-state index is 13.4. The maximum Gasteiger partial charge on any atom is 0.260 e. The van der Waals surface area contributed by atoms with Crippen LogP contribution in [0.2, 0.25) is 0 Å². The summed E-state index contributed by atoms with van der Waals surface area (Å²) < 4.78 is 2.17. The van der Waals surface area contributed by atoms with Gasteiger partial charge in [0.1, 0.15) is 0 Å². The van der Waals surface area contributed by atoms with E-state index in [0.717, 1.165) is 36.6 Å². The molecule has 1 aromatic heterocycles. The minimum atomic E-state index is -0.0166. The molecule has 1 amide bonds. The number of carbonyl (C=O) groups excluding carboxylic acids is 1. The monoisotopic (exact) mass is 382 g/mol. The Morgan fingerprint density at radius 2 is 1.38 bits per heavy atom. The molecule has 0 saturated heterocycles. The second-order valence-electron chi connectivity index (χ2n) is 7.20. The van der Waals surface area contributed by atoms with Gasteiger partial charge in [-0.15, -0.1) is 0 Å². The normalized spacial score (nSPS) is 14.3. The second kappa shape index (κ2) is 7.43. The molecule has 0 atom stereocenters. The zero-order chi connectivity index (χ0) is 19.6. The number of benzene rings is 3. The second-order valence-corrected chi connectivity index (χ2v) is 7.20. The van der Waals surface area contributed by atoms with Crippen LogP contribution in [0.15, 0.2) is 84.9 Å². The van der Waals surface area contributed by atoms with Crippen molar-refractivity contribution in [2.75, 3.05) is 29.4 Å². The molecule has 29 heavy (non-hydrogen) atoms. The number of amides is 1. The Bertz CT molecular complexity index is 1140. The van der Waals surface area contributed by atoms with Crippen LogP contribution >= 0.6 is 0 Å². The van der Waals surface area contributed by atoms with E-state index >= 15 is 0 Å². The van der Waals surface area contributed by atoms with Gasteiger partial charge in [-0.25, -0.2) is 4.98 Å². The molecule has 0 fully saturated rings. The highest BCUT2D eigenvalue weighted by Gasteiger charge is 2.26. The Labute approximate surface area is 169 Å². The van der Waals surface area contributed by atoms with E-state index in [1.165, 1.54) is 5.69 Å². The van der Waals surface area contributed by atoms with E-state index in [9.17, 15) is 4.79 Å². The first-order valence-electron chi connectivity index (χ1n) is 9.93. The summed E-state index contributed by atoms with van der Waals surface area (Å²) in [5.74, 6) is 0.713. The zero-order valence-corrected chi connectivity index (χ0v) is 16.1. The van der Waals surface area contributed by atoms with Crippen LogP contribution in [0.4, 0.5) is 11.6 Å². The SMILES string of the molecule is O=C(c1ccccc1)N1CCN(c2ccccc2)CCn2c1nc1ccccc12. The van der Waals surface area contributed by atoms with E-state index in [1.807, 2.05) is 59.5 Å². The Kier molecular flexibility index (Phi) is 4.48. The highest BCUT2D eigenvalue weighted by Crippen LogP contribution is 2.26. The van der Waals surface area contributed by atoms with Gasteiger partial charge in [0.25, 0.3) is 5.91 Å². The Hall–Kier alpha value is -3.60. The van der Waals surface area contributed by atoms with Crippen molar-refractivity contribution < 1.29 is 4.79 Å². The third-order valence-electron chi connectivity index (χ3n) is 5.45. The summed E-state index contributed by atoms with van der Waals surface area (Å²) in [4.78, 5) is 22.4. The lowest BCUT2D eigenvalue weighted by Gasteiger charge is -2.32. The van der Waals surface area contributed by atoms with Gasteiger partial charge in [0.15, 0.2) is 0 Å². The summed E-state index contributed by atoms with van der Waals surface area (Å²) in [7, 11) is 0. The number of aromatic nitrogens is 2. The molecule has 1 aliphatic rings. The molecule has 2 heterocycles. The first-order valence-corrected chi connectivity index (χ1v) is 9.93. The van der Waals surface area contributed by atoms with Crippen LogP contribution in [-0.2, 0) is 6.54 Å². The van der Waals surface area contributed by atoms with Crippen LogP contribution in [0.3, 0.4) is 0 Å². The fraction of sp³-hybridized carbons (Fsp3) is 0.167. The lowest BCUT2D eigenvalue weighted by atomic mass is 10.2. The molecule has 5 nitrogen and oxygen atoms in total. The average Bonchev–Trinajstić information content (AvgIpc) is 3.13. The summed E-state index contributed by atoms with van der Waals surface area (Å²) in [6.07, 6.45) is 0. The number of imidazole rings is 1. The van der Waals surface area contributed by atoms with Gasteiger partial charge in [0.05, 0.1) is 11.0 Å². The van der Waals surface area contributed by atoms with Crippen molar-refractivity contribution in [3.05, 3.63) is 90.5 Å². The van der Waals surface area contributed by atoms with Crippen LogP contribution in [-0.4, -0.2) is 35.1 Å². The van der Waals surface area contributed by atoms with Crippen LogP contribution in [0, 0.1) is 0 Å². The Morgan fingerprint density at radius 3 is 2.17 bits per heavy atom. The summed E-state index contributed by atoms with van der Waals surface area (Å²) in [5, 5.41) is 0. The molecule has 0 spiro atoms. The third kappa shape index (κ3) is 3.25. The van der Waals surface area contributed by atoms with Gasteiger partial charge < -0.3 is 9.47 Å². The van der Waals surface area contributed by atoms with E-state index in [1.54, 1.807) is 0 Å². The number of hydrogen-bond acceptors (Lipinski definition) is 3. The lowest BCUT2D eigenvalue weighted by molar-refractivity contribution is 0.0984. The van der Waals surface area contributed by atoms with Crippen molar-refractivity contribution in [3.63, 3.8) is 0 Å². The molecule has 5 heteroatoms. The molecule has 4 aromatic rings. The quantitative estimate of drug-likeness (QED) is 0.522. The largest absolute Gasteiger partial charge is 0.368 e. The van der Waals surface area contributed by atoms with Crippen LogP contribution < -0.4 is 9.80 Å². The molecule has 3 aromatic carbocycles. The first kappa shape index (κ1) is 17.5. The van der Waals surface area contributed by atoms with E-state index in [-0.39, 0.29) is 5.91 Å². The van der Waals surface area contributed by atoms with Crippen molar-refractivity contribution in [2.45, 2.75) is 6.54 Å². The minimum absolute atomic E-state index is 0.0166. The number of rotatable bonds is 2. The van der Waals surface area contributed by atoms with Gasteiger partial charge in [0.2, 0.25) is 5.95 Å². The molecule has 1 aliphatic heterocycles. The molecule has 0 N–H and O–H groups in total. The molecule has 5 rings (SSSR count). The summed E-state index contributed by atoms with van der Waals surface area (Å²) in [5.41, 5.74) is 3.83. The Morgan fingerprint density at radius 1 is 0.724 bits per heavy atom. The van der Waals surface area contributed by atoms with Gasteiger partial charge in [0, 0.05) is 37.4 Å². The van der Waals surface area contributed by atoms with E-state index in [4.69, 9.17) is 4.98 Å². The topological polar surface area (TPSA) is 41.4 Å². The van der Waals surface area contributed by atoms with Crippen molar-refractivity contribution in [1.82, 2.24) is 9.55 Å². The van der Waals surface area contributed by atoms with Gasteiger partial charge in [-0.3, -0.25) is 9.69 Å². The Balaban J connectivity index is 1.59. The fourth-order valence-corrected chi connectivity index (χ4v) is 3.97. The molecule has 0 saturated carbocycles. The summed E-state index contributed by atoms with van der Waals surface area (Å²) in [6.45, 7) is 2.96. The average molecular weight is 382 g/mol. The molecule has 0 radical (unpaired) electrons. The predicted octanol–water partition coefficient (Wildman–Crippen LogP) is 4.20. The third-order valence-corrected chi connectivity index (χ3v) is 5.45. The van der Waals surface area contributed by atoms with E-state index in [2.05, 4.69) is 39.8 Å². The number of carbonyl (C=O) groups is 1. The maximum absolute atomic E-state index is 13.4. The van der Waals surface area contributed by atoms with Crippen molar-refractivity contribution in [1.29, 1.82) is 0 Å². The molecule has 144 valence electrons. The highest BCUT2D eigenvalue weighted by atomic mass is 16.2. The van der Waals surface area contributed by atoms with Crippen molar-refractivity contribution in [2.24, 2.45) is 0 Å². The van der Waals surface area contributed by atoms with Gasteiger partial charge >= 0.3 is 0 Å². The fourth-order valence-electron chi connectivity index (χ4n) is 3.97. The van der Waals surface area contributed by atoms with Gasteiger partial charge in [-0.1, -0.05) is 48.5 Å². The molecular weight excluding hydrogens is 360 g/mol. The number of para-hydroxylation sites is 3. The summed E-state index contributed by atoms with van der Waals surface area (Å²) >= 11 is 0. The molecular formula is C24H22N4O. The number of nitrogens with zero attached hydrogens (tertiary/aromatic N) is 4. The predicted molar refractivity (Wildman–Crippen MR) is 117 cm³/mol. The highest BCUT2D eigenvalue weighted by molar-refractivity contribution is 6.06. The number of anilines is 2. The van der Waals surface area contributed by atoms with Gasteiger partial charge in [-0.2, -0.15) is 0 Å². The van der Waals surface area contributed by atoms with Crippen LogP contribution in [0.25, 0.3) is 11.0 Å².